The second-order valence-electron chi connectivity index (χ2n) is 6.10. The number of carbonyl (C=O) groups is 1. The number of amides is 1. The normalized spacial score (nSPS) is 21.0. The maximum absolute atomic E-state index is 12.3. The van der Waals surface area contributed by atoms with Crippen LogP contribution in [0.15, 0.2) is 39.4 Å². The van der Waals surface area contributed by atoms with E-state index < -0.39 is 0 Å². The average molecular weight is 356 g/mol. The standard InChI is InChI=1S/C19H24N4O3/c1-5-13-8-9-23(15(13)6-2)12(4)16-18(20-7-3)26-19(22-16)17(24)21-14-10-25-11-14/h5-7,14H,4,8-11H2,1-3H3,(H,21,24)/b13-5-,15-6+,20-7?. The van der Waals surface area contributed by atoms with Crippen LogP contribution in [0, 0.1) is 0 Å². The highest BCUT2D eigenvalue weighted by molar-refractivity contribution is 5.91. The lowest BCUT2D eigenvalue weighted by atomic mass is 10.1. The fourth-order valence-electron chi connectivity index (χ4n) is 3.06. The van der Waals surface area contributed by atoms with Gasteiger partial charge in [0, 0.05) is 18.5 Å². The number of nitrogens with one attached hydrogen (secondary N) is 1. The number of allylic oxidation sites excluding steroid dienone is 3. The van der Waals surface area contributed by atoms with Gasteiger partial charge in [0.25, 0.3) is 5.89 Å². The molecule has 7 nitrogen and oxygen atoms in total. The molecule has 1 aromatic rings. The van der Waals surface area contributed by atoms with E-state index in [1.807, 2.05) is 13.8 Å². The summed E-state index contributed by atoms with van der Waals surface area (Å²) in [6.45, 7) is 11.8. The molecular weight excluding hydrogens is 332 g/mol. The topological polar surface area (TPSA) is 80.0 Å². The van der Waals surface area contributed by atoms with Crippen LogP contribution in [-0.4, -0.2) is 47.8 Å². The van der Waals surface area contributed by atoms with E-state index in [9.17, 15) is 4.79 Å². The third-order valence-electron chi connectivity index (χ3n) is 4.47. The molecule has 7 heteroatoms. The number of ether oxygens (including phenoxy) is 1. The van der Waals surface area contributed by atoms with Gasteiger partial charge >= 0.3 is 5.91 Å². The van der Waals surface area contributed by atoms with Gasteiger partial charge in [-0.1, -0.05) is 18.7 Å². The first-order chi connectivity index (χ1) is 12.6. The van der Waals surface area contributed by atoms with Crippen molar-refractivity contribution in [2.24, 2.45) is 4.99 Å². The first-order valence-corrected chi connectivity index (χ1v) is 8.75. The van der Waals surface area contributed by atoms with Crippen LogP contribution >= 0.6 is 0 Å². The molecule has 0 unspecified atom stereocenters. The van der Waals surface area contributed by atoms with E-state index in [1.54, 1.807) is 13.1 Å². The maximum atomic E-state index is 12.3. The number of nitrogens with zero attached hydrogens (tertiary/aromatic N) is 3. The van der Waals surface area contributed by atoms with Gasteiger partial charge in [0.2, 0.25) is 5.88 Å². The summed E-state index contributed by atoms with van der Waals surface area (Å²) in [5.41, 5.74) is 3.52. The summed E-state index contributed by atoms with van der Waals surface area (Å²) in [6, 6.07) is 0.00429. The Hall–Kier alpha value is -2.67. The highest BCUT2D eigenvalue weighted by Crippen LogP contribution is 2.37. The lowest BCUT2D eigenvalue weighted by Crippen LogP contribution is -2.48. The smallest absolute Gasteiger partial charge is 0.307 e. The Kier molecular flexibility index (Phi) is 5.37. The van der Waals surface area contributed by atoms with Crippen molar-refractivity contribution in [3.63, 3.8) is 0 Å². The van der Waals surface area contributed by atoms with Gasteiger partial charge in [-0.2, -0.15) is 0 Å². The molecule has 0 atom stereocenters. The lowest BCUT2D eigenvalue weighted by Gasteiger charge is -2.25. The summed E-state index contributed by atoms with van der Waals surface area (Å²) in [5, 5.41) is 2.82. The number of hydrogen-bond acceptors (Lipinski definition) is 6. The van der Waals surface area contributed by atoms with Crippen LogP contribution in [0.2, 0.25) is 0 Å². The second-order valence-corrected chi connectivity index (χ2v) is 6.10. The van der Waals surface area contributed by atoms with Crippen molar-refractivity contribution in [3.8, 4) is 0 Å². The van der Waals surface area contributed by atoms with Crippen LogP contribution in [0.5, 0.6) is 0 Å². The van der Waals surface area contributed by atoms with Gasteiger partial charge in [0.05, 0.1) is 25.0 Å². The molecule has 1 N–H and O–H groups in total. The van der Waals surface area contributed by atoms with Crippen LogP contribution in [0.3, 0.4) is 0 Å². The number of carbonyl (C=O) groups excluding carboxylic acids is 1. The van der Waals surface area contributed by atoms with Crippen molar-refractivity contribution in [2.75, 3.05) is 19.8 Å². The van der Waals surface area contributed by atoms with Gasteiger partial charge in [-0.15, -0.1) is 0 Å². The summed E-state index contributed by atoms with van der Waals surface area (Å²) >= 11 is 0. The molecule has 3 heterocycles. The Balaban J connectivity index is 1.88. The zero-order chi connectivity index (χ0) is 18.7. The molecule has 0 radical (unpaired) electrons. The summed E-state index contributed by atoms with van der Waals surface area (Å²) in [5.74, 6) is -0.0928. The quantitative estimate of drug-likeness (QED) is 0.820. The van der Waals surface area contributed by atoms with Gasteiger partial charge in [-0.05, 0) is 32.8 Å². The second kappa shape index (κ2) is 7.70. The third kappa shape index (κ3) is 3.35. The fraction of sp³-hybridized carbons (Fsp3) is 0.421. The lowest BCUT2D eigenvalue weighted by molar-refractivity contribution is -0.00400. The van der Waals surface area contributed by atoms with E-state index in [4.69, 9.17) is 9.15 Å². The monoisotopic (exact) mass is 356 g/mol. The first kappa shape index (κ1) is 18.1. The van der Waals surface area contributed by atoms with Crippen LogP contribution in [0.1, 0.15) is 43.6 Å². The Morgan fingerprint density at radius 2 is 2.12 bits per heavy atom. The number of aromatic nitrogens is 1. The largest absolute Gasteiger partial charge is 0.413 e. The molecule has 1 amide bonds. The van der Waals surface area contributed by atoms with Crippen LogP contribution in [0.25, 0.3) is 5.70 Å². The Morgan fingerprint density at radius 1 is 1.35 bits per heavy atom. The Morgan fingerprint density at radius 3 is 2.69 bits per heavy atom. The molecule has 2 aliphatic rings. The predicted octanol–water partition coefficient (Wildman–Crippen LogP) is 3.05. The predicted molar refractivity (Wildman–Crippen MR) is 100 cm³/mol. The molecular formula is C19H24N4O3. The van der Waals surface area contributed by atoms with Crippen molar-refractivity contribution in [1.82, 2.24) is 15.2 Å². The van der Waals surface area contributed by atoms with Gasteiger partial charge in [-0.3, -0.25) is 4.79 Å². The fourth-order valence-corrected chi connectivity index (χ4v) is 3.06. The summed E-state index contributed by atoms with van der Waals surface area (Å²) in [6.07, 6.45) is 6.71. The van der Waals surface area contributed by atoms with E-state index in [2.05, 4.69) is 38.9 Å². The minimum absolute atomic E-state index is 0.00429. The van der Waals surface area contributed by atoms with Crippen LogP contribution < -0.4 is 5.32 Å². The first-order valence-electron chi connectivity index (χ1n) is 8.75. The summed E-state index contributed by atoms with van der Waals surface area (Å²) in [7, 11) is 0. The molecule has 0 saturated carbocycles. The molecule has 0 aromatic carbocycles. The van der Waals surface area contributed by atoms with Crippen LogP contribution in [-0.2, 0) is 4.74 Å². The number of likely N-dealkylation sites (tertiary alicyclic amines) is 1. The molecule has 1 aromatic heterocycles. The Labute approximate surface area is 153 Å². The highest BCUT2D eigenvalue weighted by Gasteiger charge is 2.30. The molecule has 138 valence electrons. The molecule has 2 fully saturated rings. The highest BCUT2D eigenvalue weighted by atomic mass is 16.5. The van der Waals surface area contributed by atoms with Crippen molar-refractivity contribution in [1.29, 1.82) is 0 Å². The molecule has 26 heavy (non-hydrogen) atoms. The van der Waals surface area contributed by atoms with Gasteiger partial charge in [0.15, 0.2) is 5.69 Å². The third-order valence-corrected chi connectivity index (χ3v) is 4.47. The zero-order valence-corrected chi connectivity index (χ0v) is 15.4. The number of rotatable bonds is 5. The molecule has 0 bridgehead atoms. The van der Waals surface area contributed by atoms with Crippen molar-refractivity contribution in [3.05, 3.63) is 41.6 Å². The number of hydrogen-bond donors (Lipinski definition) is 1. The van der Waals surface area contributed by atoms with Gasteiger partial charge in [-0.25, -0.2) is 9.98 Å². The Bertz CT molecular complexity index is 800. The van der Waals surface area contributed by atoms with Crippen molar-refractivity contribution >= 4 is 23.7 Å². The molecule has 0 spiro atoms. The van der Waals surface area contributed by atoms with E-state index in [0.717, 1.165) is 18.7 Å². The van der Waals surface area contributed by atoms with E-state index in [1.165, 1.54) is 5.57 Å². The molecule has 0 aliphatic carbocycles. The average Bonchev–Trinajstić information content (AvgIpc) is 3.21. The van der Waals surface area contributed by atoms with Gasteiger partial charge in [0.1, 0.15) is 0 Å². The minimum atomic E-state index is -0.369. The summed E-state index contributed by atoms with van der Waals surface area (Å²) < 4.78 is 10.7. The van der Waals surface area contributed by atoms with E-state index in [-0.39, 0.29) is 23.7 Å². The maximum Gasteiger partial charge on any atom is 0.307 e. The molecule has 2 saturated heterocycles. The molecule has 2 aliphatic heterocycles. The van der Waals surface area contributed by atoms with Crippen LogP contribution in [0.4, 0.5) is 5.88 Å². The van der Waals surface area contributed by atoms with Crippen molar-refractivity contribution < 1.29 is 13.9 Å². The summed E-state index contributed by atoms with van der Waals surface area (Å²) in [4.78, 5) is 23.0. The molecule has 3 rings (SSSR count). The number of aliphatic imine (C=N–C) groups is 1. The van der Waals surface area contributed by atoms with E-state index in [0.29, 0.717) is 24.6 Å². The van der Waals surface area contributed by atoms with Crippen molar-refractivity contribution in [2.45, 2.75) is 33.2 Å². The van der Waals surface area contributed by atoms with Gasteiger partial charge < -0.3 is 19.4 Å². The minimum Gasteiger partial charge on any atom is -0.413 e. The zero-order valence-electron chi connectivity index (χ0n) is 15.4. The SMILES string of the molecule is C=C(c1nc(C(=O)NC2COC2)oc1N=CC)N1CCC(=C/C)/C1=C\C. The number of oxazole rings is 1. The van der Waals surface area contributed by atoms with E-state index >= 15 is 0 Å².